The fraction of sp³-hybridized carbons (Fsp3) is 0.438. The zero-order valence-corrected chi connectivity index (χ0v) is 13.1. The minimum absolute atomic E-state index is 0.330. The van der Waals surface area contributed by atoms with Crippen molar-refractivity contribution in [2.24, 2.45) is 5.92 Å². The Morgan fingerprint density at radius 1 is 0.952 bits per heavy atom. The fourth-order valence-corrected chi connectivity index (χ4v) is 2.24. The Morgan fingerprint density at radius 2 is 1.62 bits per heavy atom. The van der Waals surface area contributed by atoms with Crippen LogP contribution >= 0.6 is 0 Å². The lowest BCUT2D eigenvalue weighted by atomic mass is 10.1. The fourth-order valence-electron chi connectivity index (χ4n) is 2.24. The molecule has 0 unspecified atom stereocenters. The van der Waals surface area contributed by atoms with Gasteiger partial charge in [-0.25, -0.2) is 0 Å². The summed E-state index contributed by atoms with van der Waals surface area (Å²) >= 11 is 0. The Labute approximate surface area is 126 Å². The van der Waals surface area contributed by atoms with Gasteiger partial charge < -0.3 is 10.6 Å². The molecule has 2 N–H and O–H groups in total. The third-order valence-electron chi connectivity index (χ3n) is 2.98. The van der Waals surface area contributed by atoms with Crippen molar-refractivity contribution in [3.05, 3.63) is 36.2 Å². The summed E-state index contributed by atoms with van der Waals surface area (Å²) in [6.07, 6.45) is 1.08. The summed E-state index contributed by atoms with van der Waals surface area (Å²) in [6, 6.07) is 10.2. The van der Waals surface area contributed by atoms with Crippen LogP contribution in [0.2, 0.25) is 0 Å². The van der Waals surface area contributed by atoms with Crippen LogP contribution in [0.5, 0.6) is 0 Å². The molecule has 0 bridgehead atoms. The molecule has 0 fully saturated rings. The maximum atomic E-state index is 4.43. The maximum Gasteiger partial charge on any atom is 0.232 e. The molecule has 0 aliphatic carbocycles. The summed E-state index contributed by atoms with van der Waals surface area (Å²) in [5.41, 5.74) is 0.962. The molecule has 0 amide bonds. The second kappa shape index (κ2) is 7.02. The molecule has 21 heavy (non-hydrogen) atoms. The topological polar surface area (TPSA) is 62.7 Å². The molecule has 2 rings (SSSR count). The van der Waals surface area contributed by atoms with Gasteiger partial charge in [-0.2, -0.15) is 15.0 Å². The smallest absolute Gasteiger partial charge is 0.232 e. The van der Waals surface area contributed by atoms with Crippen LogP contribution in [0.15, 0.2) is 30.3 Å². The lowest BCUT2D eigenvalue weighted by molar-refractivity contribution is 0.537. The molecule has 5 heteroatoms. The van der Waals surface area contributed by atoms with Gasteiger partial charge in [0.05, 0.1) is 0 Å². The third kappa shape index (κ3) is 5.02. The minimum Gasteiger partial charge on any atom is -0.352 e. The lowest BCUT2D eigenvalue weighted by Gasteiger charge is -2.16. The molecule has 0 saturated carbocycles. The number of anilines is 3. The Hall–Kier alpha value is -2.17. The van der Waals surface area contributed by atoms with Crippen LogP contribution in [0.25, 0.3) is 0 Å². The monoisotopic (exact) mass is 285 g/mol. The van der Waals surface area contributed by atoms with Crippen molar-refractivity contribution >= 4 is 17.6 Å². The summed E-state index contributed by atoms with van der Waals surface area (Å²) < 4.78 is 0. The van der Waals surface area contributed by atoms with Crippen molar-refractivity contribution in [1.82, 2.24) is 15.0 Å². The number of benzene rings is 1. The Morgan fingerprint density at radius 3 is 2.29 bits per heavy atom. The highest BCUT2D eigenvalue weighted by atomic mass is 15.2. The van der Waals surface area contributed by atoms with Crippen LogP contribution in [0, 0.1) is 12.8 Å². The van der Waals surface area contributed by atoms with Gasteiger partial charge in [0, 0.05) is 11.7 Å². The van der Waals surface area contributed by atoms with Crippen LogP contribution in [-0.4, -0.2) is 21.0 Å². The zero-order valence-electron chi connectivity index (χ0n) is 13.1. The van der Waals surface area contributed by atoms with E-state index < -0.39 is 0 Å². The highest BCUT2D eigenvalue weighted by Gasteiger charge is 2.09. The predicted molar refractivity (Wildman–Crippen MR) is 86.8 cm³/mol. The molecule has 1 atom stereocenters. The number of aromatic nitrogens is 3. The van der Waals surface area contributed by atoms with Gasteiger partial charge in [0.1, 0.15) is 5.82 Å². The first-order chi connectivity index (χ1) is 10.0. The largest absolute Gasteiger partial charge is 0.352 e. The van der Waals surface area contributed by atoms with Crippen molar-refractivity contribution in [3.63, 3.8) is 0 Å². The van der Waals surface area contributed by atoms with E-state index in [-0.39, 0.29) is 0 Å². The van der Waals surface area contributed by atoms with Crippen molar-refractivity contribution in [2.45, 2.75) is 40.2 Å². The van der Waals surface area contributed by atoms with Gasteiger partial charge in [0.15, 0.2) is 0 Å². The highest BCUT2D eigenvalue weighted by molar-refractivity contribution is 5.53. The SMILES string of the molecule is Cc1nc(Nc2ccccc2)nc(N[C@H](C)CC(C)C)n1. The minimum atomic E-state index is 0.330. The Balaban J connectivity index is 2.10. The van der Waals surface area contributed by atoms with Crippen LogP contribution in [0.3, 0.4) is 0 Å². The van der Waals surface area contributed by atoms with Gasteiger partial charge in [-0.3, -0.25) is 0 Å². The normalized spacial score (nSPS) is 12.2. The summed E-state index contributed by atoms with van der Waals surface area (Å²) in [7, 11) is 0. The van der Waals surface area contributed by atoms with Crippen LogP contribution in [0.1, 0.15) is 33.0 Å². The van der Waals surface area contributed by atoms with Gasteiger partial charge in [0.2, 0.25) is 11.9 Å². The number of hydrogen-bond donors (Lipinski definition) is 2. The predicted octanol–water partition coefficient (Wildman–Crippen LogP) is 3.77. The lowest BCUT2D eigenvalue weighted by Crippen LogP contribution is -2.20. The maximum absolute atomic E-state index is 4.43. The average molecular weight is 285 g/mol. The van der Waals surface area contributed by atoms with Crippen molar-refractivity contribution in [3.8, 4) is 0 Å². The third-order valence-corrected chi connectivity index (χ3v) is 2.98. The molecule has 112 valence electrons. The number of aryl methyl sites for hydroxylation is 1. The standard InChI is InChI=1S/C16H23N5/c1-11(2)10-12(3)17-15-18-13(4)19-16(21-15)20-14-8-6-5-7-9-14/h5-9,11-12H,10H2,1-4H3,(H2,17,18,19,20,21)/t12-/m1/s1. The summed E-state index contributed by atoms with van der Waals surface area (Å²) in [5, 5.41) is 6.53. The molecule has 0 radical (unpaired) electrons. The molecule has 5 nitrogen and oxygen atoms in total. The molecule has 1 aromatic carbocycles. The van der Waals surface area contributed by atoms with E-state index >= 15 is 0 Å². The van der Waals surface area contributed by atoms with Crippen LogP contribution in [-0.2, 0) is 0 Å². The van der Waals surface area contributed by atoms with Gasteiger partial charge in [0.25, 0.3) is 0 Å². The van der Waals surface area contributed by atoms with E-state index in [0.717, 1.165) is 12.1 Å². The van der Waals surface area contributed by atoms with Gasteiger partial charge >= 0.3 is 0 Å². The number of nitrogens with one attached hydrogen (secondary N) is 2. The molecule has 1 heterocycles. The van der Waals surface area contributed by atoms with Crippen molar-refractivity contribution in [1.29, 1.82) is 0 Å². The van der Waals surface area contributed by atoms with E-state index in [9.17, 15) is 0 Å². The zero-order chi connectivity index (χ0) is 15.2. The number of nitrogens with zero attached hydrogens (tertiary/aromatic N) is 3. The Bertz CT molecular complexity index is 568. The van der Waals surface area contributed by atoms with E-state index in [1.165, 1.54) is 0 Å². The van der Waals surface area contributed by atoms with E-state index in [4.69, 9.17) is 0 Å². The molecular weight excluding hydrogens is 262 g/mol. The Kier molecular flexibility index (Phi) is 5.09. The molecular formula is C16H23N5. The molecule has 0 saturated heterocycles. The van der Waals surface area contributed by atoms with E-state index in [0.29, 0.717) is 29.7 Å². The van der Waals surface area contributed by atoms with Crippen molar-refractivity contribution < 1.29 is 0 Å². The van der Waals surface area contributed by atoms with Gasteiger partial charge in [-0.15, -0.1) is 0 Å². The summed E-state index contributed by atoms with van der Waals surface area (Å²) in [5.74, 6) is 2.52. The molecule has 0 aliphatic heterocycles. The van der Waals surface area contributed by atoms with Crippen molar-refractivity contribution in [2.75, 3.05) is 10.6 Å². The first kappa shape index (κ1) is 15.2. The second-order valence-electron chi connectivity index (χ2n) is 5.70. The first-order valence-electron chi connectivity index (χ1n) is 7.34. The number of para-hydroxylation sites is 1. The highest BCUT2D eigenvalue weighted by Crippen LogP contribution is 2.15. The van der Waals surface area contributed by atoms with E-state index in [1.807, 2.05) is 37.3 Å². The molecule has 0 aliphatic rings. The van der Waals surface area contributed by atoms with Gasteiger partial charge in [-0.05, 0) is 38.3 Å². The molecule has 2 aromatic rings. The van der Waals surface area contributed by atoms with Crippen LogP contribution < -0.4 is 10.6 Å². The van der Waals surface area contributed by atoms with Crippen LogP contribution in [0.4, 0.5) is 17.6 Å². The molecule has 1 aromatic heterocycles. The quantitative estimate of drug-likeness (QED) is 0.846. The summed E-state index contributed by atoms with van der Waals surface area (Å²) in [6.45, 7) is 8.43. The average Bonchev–Trinajstić information content (AvgIpc) is 2.37. The number of rotatable bonds is 6. The summed E-state index contributed by atoms with van der Waals surface area (Å²) in [4.78, 5) is 13.1. The first-order valence-corrected chi connectivity index (χ1v) is 7.34. The van der Waals surface area contributed by atoms with E-state index in [1.54, 1.807) is 0 Å². The van der Waals surface area contributed by atoms with E-state index in [2.05, 4.69) is 46.4 Å². The van der Waals surface area contributed by atoms with Gasteiger partial charge in [-0.1, -0.05) is 32.0 Å². The molecule has 0 spiro atoms. The second-order valence-corrected chi connectivity index (χ2v) is 5.70. The number of hydrogen-bond acceptors (Lipinski definition) is 5.